The second-order valence-corrected chi connectivity index (χ2v) is 7.81. The standard InChI is InChI=1S/C21H17BrN2OS/c1-26-17-12-6-14(7-13-17)20-23-19-5-3-2-4-18(19)21(25)24(20)16-10-8-15(22)9-11-16/h2-13,20,23H,1H3/t20-/m0/s1. The average molecular weight is 425 g/mol. The van der Waals surface area contributed by atoms with Gasteiger partial charge in [0, 0.05) is 20.7 Å². The molecule has 26 heavy (non-hydrogen) atoms. The van der Waals surface area contributed by atoms with Gasteiger partial charge in [-0.25, -0.2) is 0 Å². The Hall–Kier alpha value is -2.24. The van der Waals surface area contributed by atoms with Crippen LogP contribution in [0.3, 0.4) is 0 Å². The molecule has 0 bridgehead atoms. The minimum absolute atomic E-state index is 0.000570. The quantitative estimate of drug-likeness (QED) is 0.527. The van der Waals surface area contributed by atoms with E-state index in [4.69, 9.17) is 0 Å². The molecule has 0 aliphatic carbocycles. The Morgan fingerprint density at radius 2 is 1.65 bits per heavy atom. The van der Waals surface area contributed by atoms with E-state index in [2.05, 4.69) is 51.8 Å². The summed E-state index contributed by atoms with van der Waals surface area (Å²) in [7, 11) is 0. The summed E-state index contributed by atoms with van der Waals surface area (Å²) in [4.78, 5) is 16.3. The minimum atomic E-state index is -0.255. The van der Waals surface area contributed by atoms with Crippen LogP contribution in [0.25, 0.3) is 0 Å². The Morgan fingerprint density at radius 3 is 2.35 bits per heavy atom. The summed E-state index contributed by atoms with van der Waals surface area (Å²) in [6.45, 7) is 0. The zero-order valence-corrected chi connectivity index (χ0v) is 16.5. The summed E-state index contributed by atoms with van der Waals surface area (Å²) >= 11 is 5.17. The van der Waals surface area contributed by atoms with Gasteiger partial charge in [-0.15, -0.1) is 11.8 Å². The number of rotatable bonds is 3. The van der Waals surface area contributed by atoms with Crippen LogP contribution in [-0.4, -0.2) is 12.2 Å². The Balaban J connectivity index is 1.82. The van der Waals surface area contributed by atoms with Crippen molar-refractivity contribution < 1.29 is 4.79 Å². The molecule has 1 heterocycles. The first kappa shape index (κ1) is 17.2. The van der Waals surface area contributed by atoms with Gasteiger partial charge in [-0.2, -0.15) is 0 Å². The normalized spacial score (nSPS) is 16.2. The van der Waals surface area contributed by atoms with Gasteiger partial charge >= 0.3 is 0 Å². The van der Waals surface area contributed by atoms with Gasteiger partial charge in [-0.3, -0.25) is 9.69 Å². The van der Waals surface area contributed by atoms with E-state index >= 15 is 0 Å². The number of nitrogens with zero attached hydrogens (tertiary/aromatic N) is 1. The molecule has 0 saturated heterocycles. The number of para-hydroxylation sites is 1. The molecule has 1 aliphatic heterocycles. The van der Waals surface area contributed by atoms with Gasteiger partial charge in [-0.1, -0.05) is 40.2 Å². The molecule has 3 aromatic rings. The van der Waals surface area contributed by atoms with Crippen molar-refractivity contribution in [1.82, 2.24) is 0 Å². The summed E-state index contributed by atoms with van der Waals surface area (Å²) in [5.41, 5.74) is 3.46. The number of hydrogen-bond acceptors (Lipinski definition) is 3. The van der Waals surface area contributed by atoms with Gasteiger partial charge in [0.1, 0.15) is 6.17 Å². The molecule has 3 aromatic carbocycles. The fourth-order valence-corrected chi connectivity index (χ4v) is 3.81. The number of fused-ring (bicyclic) bond motifs is 1. The lowest BCUT2D eigenvalue weighted by atomic mass is 10.0. The molecule has 0 saturated carbocycles. The zero-order chi connectivity index (χ0) is 18.1. The number of halogens is 1. The van der Waals surface area contributed by atoms with Crippen LogP contribution >= 0.6 is 27.7 Å². The van der Waals surface area contributed by atoms with E-state index in [0.717, 1.165) is 21.4 Å². The molecular formula is C21H17BrN2OS. The van der Waals surface area contributed by atoms with Crippen molar-refractivity contribution in [3.8, 4) is 0 Å². The number of carbonyl (C=O) groups excluding carboxylic acids is 1. The van der Waals surface area contributed by atoms with Gasteiger partial charge < -0.3 is 5.32 Å². The molecule has 0 radical (unpaired) electrons. The minimum Gasteiger partial charge on any atom is -0.360 e. The molecular weight excluding hydrogens is 408 g/mol. The Bertz CT molecular complexity index is 941. The largest absolute Gasteiger partial charge is 0.360 e. The van der Waals surface area contributed by atoms with Crippen molar-refractivity contribution >= 4 is 45.0 Å². The molecule has 5 heteroatoms. The summed E-state index contributed by atoms with van der Waals surface area (Å²) in [6, 6.07) is 23.8. The predicted octanol–water partition coefficient (Wildman–Crippen LogP) is 5.94. The maximum absolute atomic E-state index is 13.3. The third-order valence-corrected chi connectivity index (χ3v) is 5.74. The average Bonchev–Trinajstić information content (AvgIpc) is 2.69. The monoisotopic (exact) mass is 424 g/mol. The molecule has 1 amide bonds. The number of carbonyl (C=O) groups is 1. The molecule has 3 nitrogen and oxygen atoms in total. The first-order valence-corrected chi connectivity index (χ1v) is 10.3. The van der Waals surface area contributed by atoms with Crippen LogP contribution in [0.4, 0.5) is 11.4 Å². The van der Waals surface area contributed by atoms with E-state index in [9.17, 15) is 4.79 Å². The molecule has 0 unspecified atom stereocenters. The van der Waals surface area contributed by atoms with Crippen molar-refractivity contribution in [1.29, 1.82) is 0 Å². The van der Waals surface area contributed by atoms with Crippen molar-refractivity contribution in [2.45, 2.75) is 11.1 Å². The Morgan fingerprint density at radius 1 is 0.962 bits per heavy atom. The van der Waals surface area contributed by atoms with Crippen LogP contribution in [-0.2, 0) is 0 Å². The summed E-state index contributed by atoms with van der Waals surface area (Å²) in [6.07, 6.45) is 1.80. The SMILES string of the molecule is CSc1ccc([C@H]2Nc3ccccc3C(=O)N2c2ccc(Br)cc2)cc1. The fourth-order valence-electron chi connectivity index (χ4n) is 3.14. The van der Waals surface area contributed by atoms with Crippen molar-refractivity contribution in [3.63, 3.8) is 0 Å². The lowest BCUT2D eigenvalue weighted by Gasteiger charge is -2.38. The van der Waals surface area contributed by atoms with Crippen LogP contribution in [0.1, 0.15) is 22.1 Å². The second kappa shape index (κ2) is 7.17. The maximum atomic E-state index is 13.3. The first-order chi connectivity index (χ1) is 12.7. The number of benzene rings is 3. The third kappa shape index (κ3) is 3.13. The molecule has 1 N–H and O–H groups in total. The van der Waals surface area contributed by atoms with Gasteiger partial charge in [0.05, 0.1) is 5.56 Å². The zero-order valence-electron chi connectivity index (χ0n) is 14.1. The maximum Gasteiger partial charge on any atom is 0.262 e. The summed E-state index contributed by atoms with van der Waals surface area (Å²) in [5, 5.41) is 3.53. The van der Waals surface area contributed by atoms with E-state index < -0.39 is 0 Å². The lowest BCUT2D eigenvalue weighted by molar-refractivity contribution is 0.0975. The van der Waals surface area contributed by atoms with Crippen molar-refractivity contribution in [3.05, 3.63) is 88.4 Å². The van der Waals surface area contributed by atoms with Crippen LogP contribution < -0.4 is 10.2 Å². The molecule has 1 atom stereocenters. The second-order valence-electron chi connectivity index (χ2n) is 6.02. The first-order valence-electron chi connectivity index (χ1n) is 8.26. The van der Waals surface area contributed by atoms with E-state index in [1.54, 1.807) is 11.8 Å². The number of nitrogens with one attached hydrogen (secondary N) is 1. The van der Waals surface area contributed by atoms with E-state index in [1.165, 1.54) is 4.90 Å². The van der Waals surface area contributed by atoms with Crippen LogP contribution in [0.2, 0.25) is 0 Å². The number of thioether (sulfide) groups is 1. The highest BCUT2D eigenvalue weighted by molar-refractivity contribution is 9.10. The highest BCUT2D eigenvalue weighted by atomic mass is 79.9. The molecule has 4 rings (SSSR count). The van der Waals surface area contributed by atoms with Crippen molar-refractivity contribution in [2.24, 2.45) is 0 Å². The summed E-state index contributed by atoms with van der Waals surface area (Å²) in [5.74, 6) is 0.000570. The predicted molar refractivity (Wildman–Crippen MR) is 112 cm³/mol. The van der Waals surface area contributed by atoms with Gasteiger partial charge in [-0.05, 0) is 60.4 Å². The lowest BCUT2D eigenvalue weighted by Crippen LogP contribution is -2.43. The molecule has 0 spiro atoms. The third-order valence-electron chi connectivity index (χ3n) is 4.46. The molecule has 1 aliphatic rings. The number of amides is 1. The van der Waals surface area contributed by atoms with Crippen LogP contribution in [0.5, 0.6) is 0 Å². The summed E-state index contributed by atoms with van der Waals surface area (Å²) < 4.78 is 0.986. The van der Waals surface area contributed by atoms with Gasteiger partial charge in [0.25, 0.3) is 5.91 Å². The highest BCUT2D eigenvalue weighted by Crippen LogP contribution is 2.37. The molecule has 130 valence electrons. The van der Waals surface area contributed by atoms with Crippen LogP contribution in [0, 0.1) is 0 Å². The van der Waals surface area contributed by atoms with E-state index in [1.807, 2.05) is 53.4 Å². The van der Waals surface area contributed by atoms with Gasteiger partial charge in [0.15, 0.2) is 0 Å². The number of hydrogen-bond donors (Lipinski definition) is 1. The van der Waals surface area contributed by atoms with Gasteiger partial charge in [0.2, 0.25) is 0 Å². The van der Waals surface area contributed by atoms with Crippen LogP contribution in [0.15, 0.2) is 82.2 Å². The topological polar surface area (TPSA) is 32.3 Å². The smallest absolute Gasteiger partial charge is 0.262 e. The number of anilines is 2. The van der Waals surface area contributed by atoms with E-state index in [-0.39, 0.29) is 12.1 Å². The van der Waals surface area contributed by atoms with Crippen molar-refractivity contribution in [2.75, 3.05) is 16.5 Å². The Kier molecular flexibility index (Phi) is 4.74. The van der Waals surface area contributed by atoms with E-state index in [0.29, 0.717) is 5.56 Å². The Labute approximate surface area is 165 Å². The fraction of sp³-hybridized carbons (Fsp3) is 0.0952. The highest BCUT2D eigenvalue weighted by Gasteiger charge is 2.33. The molecule has 0 fully saturated rings. The molecule has 0 aromatic heterocycles.